The van der Waals surface area contributed by atoms with E-state index in [4.69, 9.17) is 6.42 Å². The molecule has 0 bridgehead atoms. The van der Waals surface area contributed by atoms with Crippen LogP contribution in [0.2, 0.25) is 0 Å². The van der Waals surface area contributed by atoms with Gasteiger partial charge in [-0.25, -0.2) is 4.39 Å². The molecule has 16 heavy (non-hydrogen) atoms. The summed E-state index contributed by atoms with van der Waals surface area (Å²) < 4.78 is 13.2. The minimum absolute atomic E-state index is 0.338. The molecule has 0 aromatic heterocycles. The lowest BCUT2D eigenvalue weighted by atomic mass is 10.1. The Hall–Kier alpha value is -1.34. The molecular weight excluding hydrogens is 273 g/mol. The van der Waals surface area contributed by atoms with E-state index in [1.807, 2.05) is 0 Å². The van der Waals surface area contributed by atoms with Gasteiger partial charge in [0.15, 0.2) is 0 Å². The van der Waals surface area contributed by atoms with Crippen molar-refractivity contribution in [3.8, 4) is 12.3 Å². The summed E-state index contributed by atoms with van der Waals surface area (Å²) in [6, 6.07) is 3.86. The topological polar surface area (TPSA) is 29.1 Å². The zero-order valence-corrected chi connectivity index (χ0v) is 10.6. The average molecular weight is 284 g/mol. The number of rotatable bonds is 2. The monoisotopic (exact) mass is 283 g/mol. The van der Waals surface area contributed by atoms with Gasteiger partial charge in [-0.05, 0) is 48.0 Å². The van der Waals surface area contributed by atoms with Crippen molar-refractivity contribution in [3.63, 3.8) is 0 Å². The van der Waals surface area contributed by atoms with Crippen molar-refractivity contribution in [2.24, 2.45) is 0 Å². The molecule has 0 saturated carbocycles. The second-order valence-electron chi connectivity index (χ2n) is 3.85. The van der Waals surface area contributed by atoms with Crippen LogP contribution in [0.4, 0.5) is 4.39 Å². The first-order chi connectivity index (χ1) is 7.35. The molecule has 0 atom stereocenters. The van der Waals surface area contributed by atoms with E-state index in [9.17, 15) is 9.18 Å². The summed E-state index contributed by atoms with van der Waals surface area (Å²) in [5.74, 6) is 1.71. The van der Waals surface area contributed by atoms with Crippen LogP contribution in [-0.4, -0.2) is 11.4 Å². The molecule has 84 valence electrons. The largest absolute Gasteiger partial charge is 0.336 e. The molecule has 4 heteroatoms. The van der Waals surface area contributed by atoms with Crippen LogP contribution in [0.3, 0.4) is 0 Å². The summed E-state index contributed by atoms with van der Waals surface area (Å²) in [5, 5.41) is 2.66. The van der Waals surface area contributed by atoms with Gasteiger partial charge in [0.25, 0.3) is 5.91 Å². The second kappa shape index (κ2) is 4.67. The normalized spacial score (nSPS) is 10.7. The van der Waals surface area contributed by atoms with Gasteiger partial charge < -0.3 is 5.32 Å². The number of hydrogen-bond donors (Lipinski definition) is 1. The van der Waals surface area contributed by atoms with Gasteiger partial charge in [-0.3, -0.25) is 4.79 Å². The van der Waals surface area contributed by atoms with Crippen molar-refractivity contribution in [2.75, 3.05) is 0 Å². The maximum atomic E-state index is 12.8. The lowest BCUT2D eigenvalue weighted by Gasteiger charge is -2.19. The van der Waals surface area contributed by atoms with E-state index in [-0.39, 0.29) is 5.91 Å². The molecule has 1 aromatic rings. The number of nitrogens with one attached hydrogen (secondary N) is 1. The first kappa shape index (κ1) is 12.7. The fourth-order valence-corrected chi connectivity index (χ4v) is 1.59. The predicted molar refractivity (Wildman–Crippen MR) is 64.5 cm³/mol. The average Bonchev–Trinajstić information content (AvgIpc) is 2.16. The van der Waals surface area contributed by atoms with Crippen LogP contribution in [0, 0.1) is 18.2 Å². The Labute approximate surface area is 102 Å². The Morgan fingerprint density at radius 3 is 2.69 bits per heavy atom. The van der Waals surface area contributed by atoms with Crippen LogP contribution in [0.15, 0.2) is 22.7 Å². The van der Waals surface area contributed by atoms with E-state index in [1.165, 1.54) is 18.2 Å². The van der Waals surface area contributed by atoms with Crippen molar-refractivity contribution in [3.05, 3.63) is 34.1 Å². The molecule has 0 aliphatic carbocycles. The maximum Gasteiger partial charge on any atom is 0.253 e. The third kappa shape index (κ3) is 3.07. The van der Waals surface area contributed by atoms with Gasteiger partial charge in [0.05, 0.1) is 11.1 Å². The Kier molecular flexibility index (Phi) is 3.71. The Bertz CT molecular complexity index is 463. The van der Waals surface area contributed by atoms with Crippen LogP contribution < -0.4 is 5.32 Å². The number of amides is 1. The van der Waals surface area contributed by atoms with Gasteiger partial charge in [0.2, 0.25) is 0 Å². The van der Waals surface area contributed by atoms with Gasteiger partial charge in [-0.2, -0.15) is 0 Å². The van der Waals surface area contributed by atoms with Gasteiger partial charge in [0.1, 0.15) is 5.82 Å². The molecule has 0 fully saturated rings. The highest BCUT2D eigenvalue weighted by atomic mass is 79.9. The van der Waals surface area contributed by atoms with Crippen LogP contribution in [0.5, 0.6) is 0 Å². The van der Waals surface area contributed by atoms with Gasteiger partial charge in [-0.1, -0.05) is 5.92 Å². The molecule has 0 unspecified atom stereocenters. The van der Waals surface area contributed by atoms with E-state index in [2.05, 4.69) is 27.2 Å². The van der Waals surface area contributed by atoms with E-state index in [0.29, 0.717) is 10.0 Å². The van der Waals surface area contributed by atoms with Crippen LogP contribution >= 0.6 is 15.9 Å². The number of halogens is 2. The summed E-state index contributed by atoms with van der Waals surface area (Å²) in [6.07, 6.45) is 5.26. The molecular formula is C12H11BrFNO. The third-order valence-corrected chi connectivity index (χ3v) is 2.62. The molecule has 0 heterocycles. The Morgan fingerprint density at radius 2 is 2.19 bits per heavy atom. The molecule has 0 spiro atoms. The number of terminal acetylenes is 1. The molecule has 0 aliphatic rings. The van der Waals surface area contributed by atoms with Crippen LogP contribution in [0.25, 0.3) is 0 Å². The smallest absolute Gasteiger partial charge is 0.253 e. The fourth-order valence-electron chi connectivity index (χ4n) is 1.06. The first-order valence-corrected chi connectivity index (χ1v) is 5.40. The molecule has 1 rings (SSSR count). The van der Waals surface area contributed by atoms with Crippen molar-refractivity contribution >= 4 is 21.8 Å². The van der Waals surface area contributed by atoms with Crippen LogP contribution in [0.1, 0.15) is 24.2 Å². The van der Waals surface area contributed by atoms with Crippen molar-refractivity contribution in [1.29, 1.82) is 0 Å². The quantitative estimate of drug-likeness (QED) is 0.831. The van der Waals surface area contributed by atoms with Crippen LogP contribution in [-0.2, 0) is 0 Å². The summed E-state index contributed by atoms with van der Waals surface area (Å²) in [6.45, 7) is 3.42. The third-order valence-electron chi connectivity index (χ3n) is 1.96. The van der Waals surface area contributed by atoms with Crippen molar-refractivity contribution < 1.29 is 9.18 Å². The Morgan fingerprint density at radius 1 is 1.56 bits per heavy atom. The fraction of sp³-hybridized carbons (Fsp3) is 0.250. The lowest BCUT2D eigenvalue weighted by molar-refractivity contribution is 0.0929. The number of carbonyl (C=O) groups excluding carboxylic acids is 1. The van der Waals surface area contributed by atoms with Crippen molar-refractivity contribution in [1.82, 2.24) is 5.32 Å². The first-order valence-electron chi connectivity index (χ1n) is 4.61. The summed E-state index contributed by atoms with van der Waals surface area (Å²) in [4.78, 5) is 11.8. The molecule has 1 N–H and O–H groups in total. The summed E-state index contributed by atoms with van der Waals surface area (Å²) >= 11 is 3.12. The summed E-state index contributed by atoms with van der Waals surface area (Å²) in [7, 11) is 0. The number of benzene rings is 1. The van der Waals surface area contributed by atoms with E-state index >= 15 is 0 Å². The number of hydrogen-bond acceptors (Lipinski definition) is 1. The molecule has 1 aromatic carbocycles. The highest BCUT2D eigenvalue weighted by molar-refractivity contribution is 9.10. The molecule has 1 amide bonds. The summed E-state index contributed by atoms with van der Waals surface area (Å²) in [5.41, 5.74) is -0.380. The lowest BCUT2D eigenvalue weighted by Crippen LogP contribution is -2.42. The minimum Gasteiger partial charge on any atom is -0.336 e. The van der Waals surface area contributed by atoms with E-state index in [0.717, 1.165) is 0 Å². The Balaban J connectivity index is 2.95. The zero-order valence-electron chi connectivity index (χ0n) is 8.97. The van der Waals surface area contributed by atoms with Crippen molar-refractivity contribution in [2.45, 2.75) is 19.4 Å². The SMILES string of the molecule is C#CC(C)(C)NC(=O)c1ccc(F)cc1Br. The van der Waals surface area contributed by atoms with E-state index in [1.54, 1.807) is 13.8 Å². The molecule has 2 nitrogen and oxygen atoms in total. The molecule has 0 saturated heterocycles. The maximum absolute atomic E-state index is 12.8. The zero-order chi connectivity index (χ0) is 12.3. The molecule has 0 radical (unpaired) electrons. The van der Waals surface area contributed by atoms with Gasteiger partial charge in [-0.15, -0.1) is 6.42 Å². The number of carbonyl (C=O) groups is 1. The van der Waals surface area contributed by atoms with Gasteiger partial charge in [0, 0.05) is 4.47 Å². The van der Waals surface area contributed by atoms with E-state index < -0.39 is 11.4 Å². The molecule has 0 aliphatic heterocycles. The second-order valence-corrected chi connectivity index (χ2v) is 4.70. The van der Waals surface area contributed by atoms with Gasteiger partial charge >= 0.3 is 0 Å². The standard InChI is InChI=1S/C12H11BrFNO/c1-4-12(2,3)15-11(16)9-6-5-8(14)7-10(9)13/h1,5-7H,2-3H3,(H,15,16). The predicted octanol–water partition coefficient (Wildman–Crippen LogP) is 2.73. The minimum atomic E-state index is -0.731. The highest BCUT2D eigenvalue weighted by Gasteiger charge is 2.19. The highest BCUT2D eigenvalue weighted by Crippen LogP contribution is 2.18.